The van der Waals surface area contributed by atoms with E-state index in [0.29, 0.717) is 19.1 Å². The number of aldehydes is 1. The van der Waals surface area contributed by atoms with E-state index >= 15 is 0 Å². The lowest BCUT2D eigenvalue weighted by atomic mass is 9.88. The topological polar surface area (TPSA) is 49.8 Å². The van der Waals surface area contributed by atoms with Crippen LogP contribution >= 0.6 is 0 Å². The molecule has 0 radical (unpaired) electrons. The molecule has 92 valence electrons. The Morgan fingerprint density at radius 1 is 1.62 bits per heavy atom. The highest BCUT2D eigenvalue weighted by Crippen LogP contribution is 2.32. The zero-order valence-corrected chi connectivity index (χ0v) is 9.89. The maximum absolute atomic E-state index is 11.2. The average molecular weight is 227 g/mol. The molecule has 0 spiro atoms. The number of hydrogen-bond acceptors (Lipinski definition) is 4. The molecule has 0 aromatic carbocycles. The first kappa shape index (κ1) is 12.0. The monoisotopic (exact) mass is 227 g/mol. The number of likely N-dealkylation sites (tertiary alicyclic amines) is 1. The first-order valence-electron chi connectivity index (χ1n) is 6.10. The average Bonchev–Trinajstić information content (AvgIpc) is 2.88. The minimum Gasteiger partial charge on any atom is -0.395 e. The largest absolute Gasteiger partial charge is 0.395 e. The fourth-order valence-electron chi connectivity index (χ4n) is 2.86. The highest BCUT2D eigenvalue weighted by atomic mass is 16.5. The normalized spacial score (nSPS) is 40.4. The molecule has 2 saturated heterocycles. The van der Waals surface area contributed by atoms with Gasteiger partial charge in [0.2, 0.25) is 0 Å². The van der Waals surface area contributed by atoms with Crippen LogP contribution in [-0.4, -0.2) is 55.2 Å². The molecule has 3 unspecified atom stereocenters. The van der Waals surface area contributed by atoms with Crippen molar-refractivity contribution in [2.24, 2.45) is 11.3 Å². The van der Waals surface area contributed by atoms with Gasteiger partial charge in [0.25, 0.3) is 0 Å². The number of hydrogen-bond donors (Lipinski definition) is 1. The summed E-state index contributed by atoms with van der Waals surface area (Å²) >= 11 is 0. The van der Waals surface area contributed by atoms with Crippen molar-refractivity contribution in [3.63, 3.8) is 0 Å². The Morgan fingerprint density at radius 3 is 3.00 bits per heavy atom. The Bertz CT molecular complexity index is 251. The Balaban J connectivity index is 2.00. The van der Waals surface area contributed by atoms with Crippen LogP contribution < -0.4 is 0 Å². The second kappa shape index (κ2) is 4.82. The summed E-state index contributed by atoms with van der Waals surface area (Å²) in [6.07, 6.45) is 2.98. The third kappa shape index (κ3) is 2.14. The van der Waals surface area contributed by atoms with Gasteiger partial charge in [0, 0.05) is 19.2 Å². The molecule has 2 fully saturated rings. The SMILES string of the molecule is CC1CCN(CC2(C=O)CCOC2)C1CO. The summed E-state index contributed by atoms with van der Waals surface area (Å²) in [5.41, 5.74) is -0.322. The van der Waals surface area contributed by atoms with Gasteiger partial charge in [-0.25, -0.2) is 0 Å². The molecule has 4 nitrogen and oxygen atoms in total. The predicted molar refractivity (Wildman–Crippen MR) is 60.2 cm³/mol. The van der Waals surface area contributed by atoms with Gasteiger partial charge in [-0.15, -0.1) is 0 Å². The molecule has 0 aliphatic carbocycles. The molecule has 2 rings (SSSR count). The van der Waals surface area contributed by atoms with E-state index in [0.717, 1.165) is 32.2 Å². The first-order chi connectivity index (χ1) is 7.71. The van der Waals surface area contributed by atoms with E-state index < -0.39 is 0 Å². The van der Waals surface area contributed by atoms with Crippen molar-refractivity contribution in [3.8, 4) is 0 Å². The Labute approximate surface area is 96.6 Å². The smallest absolute Gasteiger partial charge is 0.129 e. The van der Waals surface area contributed by atoms with Gasteiger partial charge in [-0.05, 0) is 25.3 Å². The third-order valence-electron chi connectivity index (χ3n) is 4.09. The lowest BCUT2D eigenvalue weighted by Crippen LogP contribution is -2.44. The van der Waals surface area contributed by atoms with Gasteiger partial charge in [0.05, 0.1) is 18.6 Å². The zero-order chi connectivity index (χ0) is 11.6. The van der Waals surface area contributed by atoms with Crippen LogP contribution in [-0.2, 0) is 9.53 Å². The summed E-state index contributed by atoms with van der Waals surface area (Å²) in [5, 5.41) is 9.38. The van der Waals surface area contributed by atoms with Gasteiger partial charge in [0.1, 0.15) is 6.29 Å². The van der Waals surface area contributed by atoms with Crippen LogP contribution in [0.15, 0.2) is 0 Å². The lowest BCUT2D eigenvalue weighted by Gasteiger charge is -2.31. The van der Waals surface area contributed by atoms with Crippen molar-refractivity contribution < 1.29 is 14.6 Å². The number of nitrogens with zero attached hydrogens (tertiary/aromatic N) is 1. The van der Waals surface area contributed by atoms with E-state index in [-0.39, 0.29) is 18.1 Å². The van der Waals surface area contributed by atoms with Crippen LogP contribution in [0, 0.1) is 11.3 Å². The predicted octanol–water partition coefficient (Wildman–Crippen LogP) is 0.295. The van der Waals surface area contributed by atoms with Gasteiger partial charge >= 0.3 is 0 Å². The fourth-order valence-corrected chi connectivity index (χ4v) is 2.86. The number of aliphatic hydroxyl groups is 1. The second-order valence-electron chi connectivity index (χ2n) is 5.27. The zero-order valence-electron chi connectivity index (χ0n) is 9.89. The number of carbonyl (C=O) groups excluding carboxylic acids is 1. The van der Waals surface area contributed by atoms with Crippen molar-refractivity contribution in [2.45, 2.75) is 25.8 Å². The van der Waals surface area contributed by atoms with Crippen LogP contribution in [0.3, 0.4) is 0 Å². The molecule has 0 aromatic rings. The Kier molecular flexibility index (Phi) is 3.62. The Morgan fingerprint density at radius 2 is 2.44 bits per heavy atom. The van der Waals surface area contributed by atoms with E-state index in [4.69, 9.17) is 4.74 Å². The van der Waals surface area contributed by atoms with Gasteiger partial charge in [-0.3, -0.25) is 4.90 Å². The molecular weight excluding hydrogens is 206 g/mol. The second-order valence-corrected chi connectivity index (χ2v) is 5.27. The molecule has 3 atom stereocenters. The first-order valence-corrected chi connectivity index (χ1v) is 6.10. The van der Waals surface area contributed by atoms with E-state index in [1.807, 2.05) is 0 Å². The van der Waals surface area contributed by atoms with E-state index in [1.54, 1.807) is 0 Å². The van der Waals surface area contributed by atoms with Crippen LogP contribution in [0.4, 0.5) is 0 Å². The fraction of sp³-hybridized carbons (Fsp3) is 0.917. The van der Waals surface area contributed by atoms with Gasteiger partial charge < -0.3 is 14.6 Å². The summed E-state index contributed by atoms with van der Waals surface area (Å²) in [6, 6.07) is 0.220. The van der Waals surface area contributed by atoms with E-state index in [9.17, 15) is 9.90 Å². The highest BCUT2D eigenvalue weighted by molar-refractivity contribution is 5.60. The van der Waals surface area contributed by atoms with Crippen LogP contribution in [0.1, 0.15) is 19.8 Å². The minimum absolute atomic E-state index is 0.191. The minimum atomic E-state index is -0.322. The van der Waals surface area contributed by atoms with Crippen LogP contribution in [0.25, 0.3) is 0 Å². The number of aliphatic hydroxyl groups excluding tert-OH is 1. The van der Waals surface area contributed by atoms with Crippen LogP contribution in [0.5, 0.6) is 0 Å². The van der Waals surface area contributed by atoms with Crippen molar-refractivity contribution >= 4 is 6.29 Å². The van der Waals surface area contributed by atoms with Crippen LogP contribution in [0.2, 0.25) is 0 Å². The molecule has 0 bridgehead atoms. The molecular formula is C12H21NO3. The van der Waals surface area contributed by atoms with Gasteiger partial charge in [0.15, 0.2) is 0 Å². The van der Waals surface area contributed by atoms with Crippen molar-refractivity contribution in [1.29, 1.82) is 0 Å². The van der Waals surface area contributed by atoms with E-state index in [1.165, 1.54) is 0 Å². The van der Waals surface area contributed by atoms with Gasteiger partial charge in [-0.1, -0.05) is 6.92 Å². The molecule has 0 saturated carbocycles. The summed E-state index contributed by atoms with van der Waals surface area (Å²) in [5.74, 6) is 0.524. The van der Waals surface area contributed by atoms with E-state index in [2.05, 4.69) is 11.8 Å². The number of carbonyl (C=O) groups is 1. The highest BCUT2D eigenvalue weighted by Gasteiger charge is 2.40. The maximum atomic E-state index is 11.2. The summed E-state index contributed by atoms with van der Waals surface area (Å²) in [4.78, 5) is 13.5. The lowest BCUT2D eigenvalue weighted by molar-refractivity contribution is -0.117. The molecule has 2 aliphatic rings. The Hall–Kier alpha value is -0.450. The molecule has 2 heterocycles. The quantitative estimate of drug-likeness (QED) is 0.702. The molecule has 4 heteroatoms. The standard InChI is InChI=1S/C12H21NO3/c1-10-2-4-13(11(10)6-14)7-12(8-15)3-5-16-9-12/h8,10-11,14H,2-7,9H2,1H3. The van der Waals surface area contributed by atoms with Crippen molar-refractivity contribution in [1.82, 2.24) is 4.90 Å². The van der Waals surface area contributed by atoms with Gasteiger partial charge in [-0.2, -0.15) is 0 Å². The summed E-state index contributed by atoms with van der Waals surface area (Å²) < 4.78 is 5.34. The van der Waals surface area contributed by atoms with Crippen molar-refractivity contribution in [2.75, 3.05) is 32.9 Å². The molecule has 2 aliphatic heterocycles. The molecule has 0 aromatic heterocycles. The third-order valence-corrected chi connectivity index (χ3v) is 4.09. The maximum Gasteiger partial charge on any atom is 0.129 e. The summed E-state index contributed by atoms with van der Waals surface area (Å²) in [6.45, 7) is 5.32. The van der Waals surface area contributed by atoms with Crippen molar-refractivity contribution in [3.05, 3.63) is 0 Å². The summed E-state index contributed by atoms with van der Waals surface area (Å²) in [7, 11) is 0. The molecule has 16 heavy (non-hydrogen) atoms. The number of ether oxygens (including phenoxy) is 1. The molecule has 1 N–H and O–H groups in total. The molecule has 0 amide bonds. The number of rotatable bonds is 4.